The van der Waals surface area contributed by atoms with Crippen LogP contribution in [0, 0.1) is 6.92 Å². The van der Waals surface area contributed by atoms with Crippen molar-refractivity contribution in [3.05, 3.63) is 98.8 Å². The number of fused-ring (bicyclic) bond motifs is 6. The van der Waals surface area contributed by atoms with Gasteiger partial charge in [-0.3, -0.25) is 9.59 Å². The maximum Gasteiger partial charge on any atom is 0.196 e. The van der Waals surface area contributed by atoms with Gasteiger partial charge >= 0.3 is 0 Å². The van der Waals surface area contributed by atoms with Crippen molar-refractivity contribution in [2.24, 2.45) is 0 Å². The predicted molar refractivity (Wildman–Crippen MR) is 119 cm³/mol. The fourth-order valence-electron chi connectivity index (χ4n) is 4.47. The minimum atomic E-state index is -0.0646. The Morgan fingerprint density at radius 1 is 0.586 bits per heavy atom. The predicted octanol–water partition coefficient (Wildman–Crippen LogP) is 5.27. The molecule has 1 aromatic heterocycles. The molecule has 0 aliphatic carbocycles. The van der Waals surface area contributed by atoms with E-state index in [1.54, 1.807) is 0 Å². The fraction of sp³-hybridized carbons (Fsp3) is 0.0385. The van der Waals surface area contributed by atoms with Gasteiger partial charge in [0.25, 0.3) is 0 Å². The van der Waals surface area contributed by atoms with E-state index < -0.39 is 0 Å². The van der Waals surface area contributed by atoms with Crippen molar-refractivity contribution in [2.45, 2.75) is 6.92 Å². The average Bonchev–Trinajstić information content (AvgIpc) is 3.21. The molecule has 5 aromatic carbocycles. The number of pyridine rings is 1. The first-order valence-corrected chi connectivity index (χ1v) is 9.58. The molecular weight excluding hydrogens is 358 g/mol. The molecule has 0 amide bonds. The number of benzene rings is 3. The molecule has 0 fully saturated rings. The van der Waals surface area contributed by atoms with Crippen LogP contribution in [0.2, 0.25) is 0 Å². The van der Waals surface area contributed by atoms with E-state index in [2.05, 4.69) is 0 Å². The van der Waals surface area contributed by atoms with Crippen molar-refractivity contribution >= 4 is 43.4 Å². The molecule has 0 saturated carbocycles. The van der Waals surface area contributed by atoms with Crippen molar-refractivity contribution in [1.82, 2.24) is 4.98 Å². The normalized spacial score (nSPS) is 11.9. The van der Waals surface area contributed by atoms with Crippen LogP contribution in [0.25, 0.3) is 54.5 Å². The zero-order chi connectivity index (χ0) is 19.7. The lowest BCUT2D eigenvalue weighted by atomic mass is 9.98. The maximum atomic E-state index is 13.4. The topological polar surface area (TPSA) is 47.0 Å². The van der Waals surface area contributed by atoms with E-state index in [0.29, 0.717) is 38.1 Å². The van der Waals surface area contributed by atoms with Crippen LogP contribution in [0.1, 0.15) is 5.56 Å². The largest absolute Gasteiger partial charge is 0.288 e. The lowest BCUT2D eigenvalue weighted by molar-refractivity contribution is 1.47. The van der Waals surface area contributed by atoms with Crippen LogP contribution in [-0.4, -0.2) is 4.98 Å². The summed E-state index contributed by atoms with van der Waals surface area (Å²) in [6.45, 7) is 2.02. The summed E-state index contributed by atoms with van der Waals surface area (Å²) in [6, 6.07) is 23.1. The van der Waals surface area contributed by atoms with Gasteiger partial charge < -0.3 is 0 Å². The molecule has 3 heteroatoms. The minimum Gasteiger partial charge on any atom is -0.288 e. The average molecular weight is 373 g/mol. The zero-order valence-corrected chi connectivity index (χ0v) is 15.7. The first-order chi connectivity index (χ1) is 14.1. The Hall–Kier alpha value is -3.85. The second-order valence-electron chi connectivity index (χ2n) is 7.55. The minimum absolute atomic E-state index is 0.0646. The van der Waals surface area contributed by atoms with Gasteiger partial charge in [0, 0.05) is 27.1 Å². The molecule has 3 nitrogen and oxygen atoms in total. The number of hydrogen-bond donors (Lipinski definition) is 0. The highest BCUT2D eigenvalue weighted by Gasteiger charge is 2.23. The first kappa shape index (κ1) is 16.1. The summed E-state index contributed by atoms with van der Waals surface area (Å²) < 4.78 is 0. The Morgan fingerprint density at radius 2 is 1.03 bits per heavy atom. The van der Waals surface area contributed by atoms with Gasteiger partial charge in [0.2, 0.25) is 0 Å². The summed E-state index contributed by atoms with van der Waals surface area (Å²) in [5, 5.41) is 4.03. The standard InChI is InChI=1S/C26H15NO2/c1-14-10-12-15(13-11-14)20-21-23(16-6-2-4-8-18(16)25(21)28)27-24-17-7-3-5-9-19(17)26(29)22(20)24/h2-13H,1H3. The molecule has 0 radical (unpaired) electrons. The molecule has 6 rings (SSSR count). The highest BCUT2D eigenvalue weighted by atomic mass is 16.1. The summed E-state index contributed by atoms with van der Waals surface area (Å²) >= 11 is 0. The molecular formula is C26H15NO2. The van der Waals surface area contributed by atoms with Crippen molar-refractivity contribution in [3.63, 3.8) is 0 Å². The number of aryl methyl sites for hydroxylation is 1. The van der Waals surface area contributed by atoms with Crippen LogP contribution in [-0.2, 0) is 0 Å². The van der Waals surface area contributed by atoms with Crippen LogP contribution < -0.4 is 10.9 Å². The SMILES string of the molecule is Cc1ccc(-c2c3c(=O)c4ccccc4c3nc3c2c(=O)c2ccccc23)cc1. The van der Waals surface area contributed by atoms with E-state index >= 15 is 0 Å². The number of hydrogen-bond acceptors (Lipinski definition) is 3. The quantitative estimate of drug-likeness (QED) is 0.395. The fourth-order valence-corrected chi connectivity index (χ4v) is 4.47. The summed E-state index contributed by atoms with van der Waals surface area (Å²) in [4.78, 5) is 31.6. The van der Waals surface area contributed by atoms with Crippen molar-refractivity contribution in [1.29, 1.82) is 0 Å². The smallest absolute Gasteiger partial charge is 0.196 e. The van der Waals surface area contributed by atoms with Gasteiger partial charge in [0.15, 0.2) is 10.9 Å². The molecule has 0 aliphatic heterocycles. The molecule has 136 valence electrons. The molecule has 29 heavy (non-hydrogen) atoms. The van der Waals surface area contributed by atoms with Gasteiger partial charge in [-0.2, -0.15) is 0 Å². The third-order valence-electron chi connectivity index (χ3n) is 5.85. The van der Waals surface area contributed by atoms with Crippen LogP contribution in [0.3, 0.4) is 0 Å². The number of aromatic nitrogens is 1. The Balaban J connectivity index is 1.98. The Kier molecular flexibility index (Phi) is 3.11. The third kappa shape index (κ3) is 2.04. The van der Waals surface area contributed by atoms with Crippen LogP contribution in [0.15, 0.2) is 82.4 Å². The number of nitrogens with zero attached hydrogens (tertiary/aromatic N) is 1. The second-order valence-corrected chi connectivity index (χ2v) is 7.55. The lowest BCUT2D eigenvalue weighted by Crippen LogP contribution is -2.02. The van der Waals surface area contributed by atoms with Gasteiger partial charge in [-0.15, -0.1) is 0 Å². The molecule has 0 aliphatic rings. The van der Waals surface area contributed by atoms with Gasteiger partial charge in [0.05, 0.1) is 21.8 Å². The highest BCUT2D eigenvalue weighted by molar-refractivity contribution is 6.24. The molecule has 0 saturated heterocycles. The van der Waals surface area contributed by atoms with Gasteiger partial charge in [-0.05, 0) is 12.5 Å². The van der Waals surface area contributed by atoms with Gasteiger partial charge in [0.1, 0.15) is 0 Å². The summed E-state index contributed by atoms with van der Waals surface area (Å²) in [7, 11) is 0. The molecule has 0 spiro atoms. The maximum absolute atomic E-state index is 13.4. The Morgan fingerprint density at radius 3 is 1.52 bits per heavy atom. The third-order valence-corrected chi connectivity index (χ3v) is 5.85. The summed E-state index contributed by atoms with van der Waals surface area (Å²) in [5.74, 6) is 0. The summed E-state index contributed by atoms with van der Waals surface area (Å²) in [6.07, 6.45) is 0. The Labute approximate surface area is 165 Å². The van der Waals surface area contributed by atoms with E-state index in [-0.39, 0.29) is 10.9 Å². The van der Waals surface area contributed by atoms with E-state index in [1.165, 1.54) is 0 Å². The number of rotatable bonds is 1. The van der Waals surface area contributed by atoms with Crippen LogP contribution in [0.4, 0.5) is 0 Å². The zero-order valence-electron chi connectivity index (χ0n) is 15.7. The second kappa shape index (κ2) is 5.58. The molecule has 0 atom stereocenters. The van der Waals surface area contributed by atoms with E-state index in [1.807, 2.05) is 79.7 Å². The summed E-state index contributed by atoms with van der Waals surface area (Å²) in [5.41, 5.74) is 3.91. The molecule has 6 aromatic rings. The Bertz CT molecular complexity index is 1580. The van der Waals surface area contributed by atoms with E-state index in [4.69, 9.17) is 4.98 Å². The van der Waals surface area contributed by atoms with Crippen LogP contribution >= 0.6 is 0 Å². The van der Waals surface area contributed by atoms with Crippen LogP contribution in [0.5, 0.6) is 0 Å². The van der Waals surface area contributed by atoms with Crippen molar-refractivity contribution < 1.29 is 0 Å². The molecule has 0 bridgehead atoms. The van der Waals surface area contributed by atoms with E-state index in [9.17, 15) is 9.59 Å². The lowest BCUT2D eigenvalue weighted by Gasteiger charge is -2.07. The van der Waals surface area contributed by atoms with Crippen molar-refractivity contribution in [2.75, 3.05) is 0 Å². The van der Waals surface area contributed by atoms with Crippen molar-refractivity contribution in [3.8, 4) is 11.1 Å². The monoisotopic (exact) mass is 373 g/mol. The first-order valence-electron chi connectivity index (χ1n) is 9.58. The van der Waals surface area contributed by atoms with E-state index in [0.717, 1.165) is 21.9 Å². The van der Waals surface area contributed by atoms with Gasteiger partial charge in [-0.25, -0.2) is 4.98 Å². The molecule has 0 unspecified atom stereocenters. The molecule has 0 N–H and O–H groups in total. The highest BCUT2D eigenvalue weighted by Crippen LogP contribution is 2.38. The molecule has 1 heterocycles. The van der Waals surface area contributed by atoms with Gasteiger partial charge in [-0.1, -0.05) is 78.4 Å².